The quantitative estimate of drug-likeness (QED) is 0.704. The van der Waals surface area contributed by atoms with E-state index in [0.717, 1.165) is 32.0 Å². The standard InChI is InChI=1S/C20H21ClN6O2/c1-13-18(19(25-29-13)14-5-3-4-6-15(14)21)20(28)24-16-11-17(23-12-22-16)27-9-7-26(2)8-10-27/h3-6,11-12H,7-10H2,1-2H3,(H,22,23,24,28). The maximum Gasteiger partial charge on any atom is 0.262 e. The highest BCUT2D eigenvalue weighted by molar-refractivity contribution is 6.33. The molecule has 0 radical (unpaired) electrons. The van der Waals surface area contributed by atoms with E-state index < -0.39 is 0 Å². The number of aryl methyl sites for hydroxylation is 1. The van der Waals surface area contributed by atoms with Crippen LogP contribution in [-0.2, 0) is 0 Å². The maximum absolute atomic E-state index is 13.0. The minimum absolute atomic E-state index is 0.331. The molecule has 4 rings (SSSR count). The van der Waals surface area contributed by atoms with Crippen LogP contribution in [0.3, 0.4) is 0 Å². The molecule has 1 aliphatic heterocycles. The Morgan fingerprint density at radius 2 is 1.93 bits per heavy atom. The molecule has 0 aliphatic carbocycles. The largest absolute Gasteiger partial charge is 0.360 e. The van der Waals surface area contributed by atoms with Crippen LogP contribution in [0, 0.1) is 6.92 Å². The summed E-state index contributed by atoms with van der Waals surface area (Å²) < 4.78 is 5.28. The lowest BCUT2D eigenvalue weighted by Crippen LogP contribution is -2.44. The number of carbonyl (C=O) groups excluding carboxylic acids is 1. The fraction of sp³-hybridized carbons (Fsp3) is 0.300. The maximum atomic E-state index is 13.0. The van der Waals surface area contributed by atoms with Gasteiger partial charge in [-0.25, -0.2) is 9.97 Å². The van der Waals surface area contributed by atoms with Crippen LogP contribution in [0.4, 0.5) is 11.6 Å². The Bertz CT molecular complexity index is 1030. The van der Waals surface area contributed by atoms with Gasteiger partial charge in [0.25, 0.3) is 5.91 Å². The second-order valence-corrected chi connectivity index (χ2v) is 7.36. The number of anilines is 2. The number of nitrogens with one attached hydrogen (secondary N) is 1. The first-order valence-corrected chi connectivity index (χ1v) is 9.69. The Hall–Kier alpha value is -2.97. The molecule has 0 atom stereocenters. The number of aromatic nitrogens is 3. The second-order valence-electron chi connectivity index (χ2n) is 6.95. The van der Waals surface area contributed by atoms with E-state index in [1.165, 1.54) is 6.33 Å². The van der Waals surface area contributed by atoms with Gasteiger partial charge in [0.2, 0.25) is 0 Å². The van der Waals surface area contributed by atoms with E-state index in [-0.39, 0.29) is 5.91 Å². The van der Waals surface area contributed by atoms with Gasteiger partial charge in [0.1, 0.15) is 35.0 Å². The SMILES string of the molecule is Cc1onc(-c2ccccc2Cl)c1C(=O)Nc1cc(N2CCN(C)CC2)ncn1. The van der Waals surface area contributed by atoms with Crippen molar-refractivity contribution in [3.63, 3.8) is 0 Å². The molecule has 8 nitrogen and oxygen atoms in total. The highest BCUT2D eigenvalue weighted by Crippen LogP contribution is 2.31. The number of nitrogens with zero attached hydrogens (tertiary/aromatic N) is 5. The van der Waals surface area contributed by atoms with Crippen LogP contribution in [0.25, 0.3) is 11.3 Å². The van der Waals surface area contributed by atoms with E-state index in [0.29, 0.717) is 33.4 Å². The Kier molecular flexibility index (Phi) is 5.46. The molecule has 150 valence electrons. The Morgan fingerprint density at radius 1 is 1.17 bits per heavy atom. The Labute approximate surface area is 173 Å². The van der Waals surface area contributed by atoms with Gasteiger partial charge in [-0.2, -0.15) is 0 Å². The molecule has 0 bridgehead atoms. The lowest BCUT2D eigenvalue weighted by atomic mass is 10.1. The number of halogens is 1. The van der Waals surface area contributed by atoms with Gasteiger partial charge >= 0.3 is 0 Å². The molecule has 9 heteroatoms. The molecule has 0 saturated carbocycles. The average molecular weight is 413 g/mol. The van der Waals surface area contributed by atoms with Crippen molar-refractivity contribution >= 4 is 29.1 Å². The Balaban J connectivity index is 1.57. The number of hydrogen-bond acceptors (Lipinski definition) is 7. The molecule has 3 aromatic rings. The Morgan fingerprint density at radius 3 is 2.69 bits per heavy atom. The summed E-state index contributed by atoms with van der Waals surface area (Å²) in [6, 6.07) is 8.97. The molecule has 1 N–H and O–H groups in total. The molecular formula is C20H21ClN6O2. The van der Waals surface area contributed by atoms with Crippen molar-refractivity contribution in [2.45, 2.75) is 6.92 Å². The number of likely N-dealkylation sites (N-methyl/N-ethyl adjacent to an activating group) is 1. The van der Waals surface area contributed by atoms with E-state index in [2.05, 4.69) is 37.3 Å². The summed E-state index contributed by atoms with van der Waals surface area (Å²) in [6.07, 6.45) is 1.46. The summed E-state index contributed by atoms with van der Waals surface area (Å²) in [5.74, 6) is 1.26. The highest BCUT2D eigenvalue weighted by atomic mass is 35.5. The summed E-state index contributed by atoms with van der Waals surface area (Å²) in [7, 11) is 2.10. The van der Waals surface area contributed by atoms with Gasteiger partial charge < -0.3 is 19.6 Å². The van der Waals surface area contributed by atoms with Crippen LogP contribution in [0.15, 0.2) is 41.2 Å². The summed E-state index contributed by atoms with van der Waals surface area (Å²) in [5, 5.41) is 7.37. The zero-order chi connectivity index (χ0) is 20.4. The number of piperazine rings is 1. The van der Waals surface area contributed by atoms with Gasteiger partial charge in [0.15, 0.2) is 0 Å². The minimum Gasteiger partial charge on any atom is -0.360 e. The molecule has 2 aromatic heterocycles. The van der Waals surface area contributed by atoms with Crippen molar-refractivity contribution < 1.29 is 9.32 Å². The van der Waals surface area contributed by atoms with E-state index in [9.17, 15) is 4.79 Å². The van der Waals surface area contributed by atoms with E-state index >= 15 is 0 Å². The third-order valence-corrected chi connectivity index (χ3v) is 5.27. The van der Waals surface area contributed by atoms with E-state index in [4.69, 9.17) is 16.1 Å². The summed E-state index contributed by atoms with van der Waals surface area (Å²) in [6.45, 7) is 5.38. The fourth-order valence-electron chi connectivity index (χ4n) is 3.28. The van der Waals surface area contributed by atoms with Gasteiger partial charge in [-0.05, 0) is 20.0 Å². The second kappa shape index (κ2) is 8.18. The monoisotopic (exact) mass is 412 g/mol. The topological polar surface area (TPSA) is 87.4 Å². The van der Waals surface area contributed by atoms with Gasteiger partial charge in [-0.1, -0.05) is 35.0 Å². The molecule has 1 amide bonds. The molecule has 1 aromatic carbocycles. The highest BCUT2D eigenvalue weighted by Gasteiger charge is 2.24. The van der Waals surface area contributed by atoms with Crippen molar-refractivity contribution in [1.82, 2.24) is 20.0 Å². The number of carbonyl (C=O) groups is 1. The molecule has 1 fully saturated rings. The lowest BCUT2D eigenvalue weighted by Gasteiger charge is -2.33. The van der Waals surface area contributed by atoms with Crippen LogP contribution >= 0.6 is 11.6 Å². The van der Waals surface area contributed by atoms with Crippen LogP contribution in [-0.4, -0.2) is 59.2 Å². The van der Waals surface area contributed by atoms with Gasteiger partial charge in [-0.15, -0.1) is 0 Å². The molecule has 0 spiro atoms. The van der Waals surface area contributed by atoms with E-state index in [1.807, 2.05) is 12.1 Å². The van der Waals surface area contributed by atoms with Crippen LogP contribution < -0.4 is 10.2 Å². The molecule has 3 heterocycles. The van der Waals surface area contributed by atoms with Crippen molar-refractivity contribution in [2.75, 3.05) is 43.4 Å². The zero-order valence-corrected chi connectivity index (χ0v) is 17.0. The van der Waals surface area contributed by atoms with Gasteiger partial charge in [-0.3, -0.25) is 4.79 Å². The number of amides is 1. The van der Waals surface area contributed by atoms with Crippen LogP contribution in [0.1, 0.15) is 16.1 Å². The molecular weight excluding hydrogens is 392 g/mol. The van der Waals surface area contributed by atoms with Crippen LogP contribution in [0.2, 0.25) is 5.02 Å². The molecule has 29 heavy (non-hydrogen) atoms. The average Bonchev–Trinajstić information content (AvgIpc) is 3.10. The summed E-state index contributed by atoms with van der Waals surface area (Å²) in [5.41, 5.74) is 1.37. The van der Waals surface area contributed by atoms with Crippen LogP contribution in [0.5, 0.6) is 0 Å². The number of hydrogen-bond donors (Lipinski definition) is 1. The first kappa shape index (κ1) is 19.4. The molecule has 1 aliphatic rings. The normalized spacial score (nSPS) is 14.8. The third-order valence-electron chi connectivity index (χ3n) is 4.94. The number of benzene rings is 1. The first-order valence-electron chi connectivity index (χ1n) is 9.31. The summed E-state index contributed by atoms with van der Waals surface area (Å²) in [4.78, 5) is 26.0. The minimum atomic E-state index is -0.360. The van der Waals surface area contributed by atoms with Crippen molar-refractivity contribution in [3.05, 3.63) is 53.0 Å². The van der Waals surface area contributed by atoms with E-state index in [1.54, 1.807) is 25.1 Å². The molecule has 1 saturated heterocycles. The fourth-order valence-corrected chi connectivity index (χ4v) is 3.50. The number of rotatable bonds is 4. The van der Waals surface area contributed by atoms with Crippen molar-refractivity contribution in [2.24, 2.45) is 0 Å². The van der Waals surface area contributed by atoms with Gasteiger partial charge in [0.05, 0.1) is 5.02 Å². The molecule has 0 unspecified atom stereocenters. The predicted octanol–water partition coefficient (Wildman–Crippen LogP) is 3.10. The zero-order valence-electron chi connectivity index (χ0n) is 16.2. The predicted molar refractivity (Wildman–Crippen MR) is 111 cm³/mol. The lowest BCUT2D eigenvalue weighted by molar-refractivity contribution is 0.102. The third kappa shape index (κ3) is 4.08. The first-order chi connectivity index (χ1) is 14.0. The summed E-state index contributed by atoms with van der Waals surface area (Å²) >= 11 is 6.28. The van der Waals surface area contributed by atoms with Crippen molar-refractivity contribution in [1.29, 1.82) is 0 Å². The van der Waals surface area contributed by atoms with Crippen molar-refractivity contribution in [3.8, 4) is 11.3 Å². The van der Waals surface area contributed by atoms with Gasteiger partial charge in [0, 0.05) is 37.8 Å². The smallest absolute Gasteiger partial charge is 0.262 e.